The van der Waals surface area contributed by atoms with Crippen molar-refractivity contribution in [1.29, 1.82) is 0 Å². The molecule has 2 aromatic carbocycles. The molecule has 0 N–H and O–H groups in total. The Balaban J connectivity index is 2.04. The summed E-state index contributed by atoms with van der Waals surface area (Å²) in [5.74, 6) is 1.39. The van der Waals surface area contributed by atoms with Gasteiger partial charge in [-0.25, -0.2) is 0 Å². The molecule has 0 saturated carbocycles. The zero-order valence-corrected chi connectivity index (χ0v) is 15.6. The lowest BCUT2D eigenvalue weighted by Gasteiger charge is -2.09. The van der Waals surface area contributed by atoms with E-state index in [2.05, 4.69) is 33.8 Å². The van der Waals surface area contributed by atoms with Crippen molar-refractivity contribution in [2.75, 3.05) is 14.2 Å². The molecule has 0 aliphatic heterocycles. The number of methoxy groups -OCH3 is 2. The Labute approximate surface area is 150 Å². The van der Waals surface area contributed by atoms with Crippen LogP contribution in [0.2, 0.25) is 0 Å². The van der Waals surface area contributed by atoms with Gasteiger partial charge in [0.15, 0.2) is 11.5 Å². The van der Waals surface area contributed by atoms with Crippen molar-refractivity contribution in [1.82, 2.24) is 4.57 Å². The number of thiazole rings is 1. The van der Waals surface area contributed by atoms with Gasteiger partial charge in [-0.3, -0.25) is 0 Å². The molecule has 3 aromatic rings. The second-order valence-electron chi connectivity index (χ2n) is 5.48. The molecule has 1 heterocycles. The van der Waals surface area contributed by atoms with Gasteiger partial charge in [-0.15, -0.1) is 5.10 Å². The van der Waals surface area contributed by atoms with Crippen molar-refractivity contribution < 1.29 is 9.47 Å². The van der Waals surface area contributed by atoms with E-state index in [0.29, 0.717) is 11.5 Å². The number of rotatable bonds is 5. The van der Waals surface area contributed by atoms with Crippen LogP contribution in [0, 0.1) is 0 Å². The average Bonchev–Trinajstić information content (AvgIpc) is 2.98. The first-order valence-corrected chi connectivity index (χ1v) is 8.87. The van der Waals surface area contributed by atoms with Gasteiger partial charge in [0.05, 0.1) is 30.1 Å². The molecular weight excluding hydrogens is 334 g/mol. The van der Waals surface area contributed by atoms with Gasteiger partial charge < -0.3 is 14.0 Å². The quantitative estimate of drug-likeness (QED) is 0.513. The fraction of sp³-hybridized carbons (Fsp3) is 0.263. The molecule has 0 aliphatic rings. The van der Waals surface area contributed by atoms with Gasteiger partial charge in [0.2, 0.25) is 4.80 Å². The molecule has 5 nitrogen and oxygen atoms in total. The summed E-state index contributed by atoms with van der Waals surface area (Å²) in [5.41, 5.74) is 3.04. The number of hydrogen-bond donors (Lipinski definition) is 0. The van der Waals surface area contributed by atoms with Crippen molar-refractivity contribution in [2.45, 2.75) is 13.3 Å². The lowest BCUT2D eigenvalue weighted by atomic mass is 10.1. The minimum absolute atomic E-state index is 0.688. The smallest absolute Gasteiger partial charge is 0.211 e. The SMILES string of the molecule is CCC(=NN=c1sc2ccccc2n1C)c1ccc(OC)c(OC)c1. The second-order valence-corrected chi connectivity index (χ2v) is 6.49. The number of para-hydroxylation sites is 1. The first-order valence-electron chi connectivity index (χ1n) is 8.05. The van der Waals surface area contributed by atoms with E-state index >= 15 is 0 Å². The van der Waals surface area contributed by atoms with Crippen molar-refractivity contribution in [2.24, 2.45) is 17.3 Å². The second kappa shape index (κ2) is 7.53. The molecule has 130 valence electrons. The zero-order valence-electron chi connectivity index (χ0n) is 14.8. The van der Waals surface area contributed by atoms with Crippen LogP contribution in [0.1, 0.15) is 18.9 Å². The highest BCUT2D eigenvalue weighted by Crippen LogP contribution is 2.28. The van der Waals surface area contributed by atoms with Crippen LogP contribution in [0.3, 0.4) is 0 Å². The van der Waals surface area contributed by atoms with Crippen molar-refractivity contribution in [3.8, 4) is 11.5 Å². The molecule has 1 aromatic heterocycles. The summed E-state index contributed by atoms with van der Waals surface area (Å²) in [6.07, 6.45) is 0.771. The lowest BCUT2D eigenvalue weighted by Crippen LogP contribution is -2.10. The minimum atomic E-state index is 0.688. The highest BCUT2D eigenvalue weighted by atomic mass is 32.1. The monoisotopic (exact) mass is 355 g/mol. The highest BCUT2D eigenvalue weighted by molar-refractivity contribution is 7.16. The Hall–Kier alpha value is -2.60. The Morgan fingerprint density at radius 2 is 1.84 bits per heavy atom. The summed E-state index contributed by atoms with van der Waals surface area (Å²) in [6, 6.07) is 14.0. The standard InChI is InChI=1S/C19H21N3O2S/c1-5-14(13-10-11-16(23-3)17(12-13)24-4)20-21-19-22(2)15-8-6-7-9-18(15)25-19/h6-12H,5H2,1-4H3. The van der Waals surface area contributed by atoms with Gasteiger partial charge in [-0.2, -0.15) is 5.10 Å². The fourth-order valence-electron chi connectivity index (χ4n) is 2.63. The predicted molar refractivity (Wildman–Crippen MR) is 103 cm³/mol. The molecule has 0 radical (unpaired) electrons. The summed E-state index contributed by atoms with van der Waals surface area (Å²) in [7, 11) is 5.27. The van der Waals surface area contributed by atoms with Crippen LogP contribution in [0.5, 0.6) is 11.5 Å². The molecule has 0 spiro atoms. The number of fused-ring (bicyclic) bond motifs is 1. The Morgan fingerprint density at radius 1 is 1.08 bits per heavy atom. The Kier molecular flexibility index (Phi) is 5.19. The molecule has 0 unspecified atom stereocenters. The molecule has 25 heavy (non-hydrogen) atoms. The van der Waals surface area contributed by atoms with Gasteiger partial charge in [-0.1, -0.05) is 30.4 Å². The van der Waals surface area contributed by atoms with Crippen molar-refractivity contribution in [3.63, 3.8) is 0 Å². The summed E-state index contributed by atoms with van der Waals surface area (Å²) >= 11 is 1.63. The van der Waals surface area contributed by atoms with E-state index in [1.807, 2.05) is 37.4 Å². The Bertz CT molecular complexity index is 986. The normalized spacial score (nSPS) is 12.6. The molecule has 0 fully saturated rings. The fourth-order valence-corrected chi connectivity index (χ4v) is 3.60. The van der Waals surface area contributed by atoms with Crippen molar-refractivity contribution in [3.05, 3.63) is 52.8 Å². The minimum Gasteiger partial charge on any atom is -0.493 e. The van der Waals surface area contributed by atoms with Gasteiger partial charge in [0.1, 0.15) is 0 Å². The first kappa shape index (κ1) is 17.2. The van der Waals surface area contributed by atoms with E-state index in [1.165, 1.54) is 4.70 Å². The van der Waals surface area contributed by atoms with E-state index in [0.717, 1.165) is 28.0 Å². The molecule has 0 aliphatic carbocycles. The van der Waals surface area contributed by atoms with Crippen LogP contribution in [-0.2, 0) is 7.05 Å². The number of hydrogen-bond acceptors (Lipinski definition) is 5. The summed E-state index contributed by atoms with van der Waals surface area (Å²) < 4.78 is 13.9. The molecule has 0 bridgehead atoms. The number of ether oxygens (including phenoxy) is 2. The van der Waals surface area contributed by atoms with Crippen LogP contribution in [-0.4, -0.2) is 24.5 Å². The van der Waals surface area contributed by atoms with Crippen molar-refractivity contribution >= 4 is 27.3 Å². The molecule has 0 amide bonds. The van der Waals surface area contributed by atoms with Crippen LogP contribution in [0.15, 0.2) is 52.7 Å². The Morgan fingerprint density at radius 3 is 2.52 bits per heavy atom. The maximum Gasteiger partial charge on any atom is 0.211 e. The topological polar surface area (TPSA) is 48.1 Å². The summed E-state index contributed by atoms with van der Waals surface area (Å²) in [4.78, 5) is 0.868. The van der Waals surface area contributed by atoms with E-state index in [4.69, 9.17) is 9.47 Å². The lowest BCUT2D eigenvalue weighted by molar-refractivity contribution is 0.355. The molecule has 3 rings (SSSR count). The zero-order chi connectivity index (χ0) is 17.8. The van der Waals surface area contributed by atoms with E-state index in [1.54, 1.807) is 25.6 Å². The molecular formula is C19H21N3O2S. The summed E-state index contributed by atoms with van der Waals surface area (Å²) in [6.45, 7) is 2.07. The van der Waals surface area contributed by atoms with E-state index in [9.17, 15) is 0 Å². The average molecular weight is 355 g/mol. The van der Waals surface area contributed by atoms with Gasteiger partial charge in [-0.05, 0) is 36.8 Å². The van der Waals surface area contributed by atoms with E-state index < -0.39 is 0 Å². The van der Waals surface area contributed by atoms with Crippen LogP contribution < -0.4 is 14.3 Å². The van der Waals surface area contributed by atoms with Crippen LogP contribution in [0.25, 0.3) is 10.2 Å². The molecule has 0 atom stereocenters. The number of benzene rings is 2. The molecule has 6 heteroatoms. The maximum atomic E-state index is 5.38. The number of aromatic nitrogens is 1. The summed E-state index contributed by atoms with van der Waals surface area (Å²) in [5, 5.41) is 8.99. The first-order chi connectivity index (χ1) is 12.2. The van der Waals surface area contributed by atoms with Gasteiger partial charge in [0.25, 0.3) is 0 Å². The van der Waals surface area contributed by atoms with Gasteiger partial charge >= 0.3 is 0 Å². The largest absolute Gasteiger partial charge is 0.493 e. The highest BCUT2D eigenvalue weighted by Gasteiger charge is 2.08. The van der Waals surface area contributed by atoms with Crippen LogP contribution >= 0.6 is 11.3 Å². The third-order valence-corrected chi connectivity index (χ3v) is 5.13. The molecule has 0 saturated heterocycles. The van der Waals surface area contributed by atoms with Gasteiger partial charge in [0, 0.05) is 12.6 Å². The number of aryl methyl sites for hydroxylation is 1. The third-order valence-electron chi connectivity index (χ3n) is 4.02. The third kappa shape index (κ3) is 3.44. The predicted octanol–water partition coefficient (Wildman–Crippen LogP) is 3.97. The maximum absolute atomic E-state index is 5.38. The number of nitrogens with zero attached hydrogens (tertiary/aromatic N) is 3. The van der Waals surface area contributed by atoms with E-state index in [-0.39, 0.29) is 0 Å². The van der Waals surface area contributed by atoms with Crippen LogP contribution in [0.4, 0.5) is 0 Å².